The number of ether oxygens (including phenoxy) is 4. The summed E-state index contributed by atoms with van der Waals surface area (Å²) in [6, 6.07) is 14.2. The van der Waals surface area contributed by atoms with E-state index in [1.807, 2.05) is 31.2 Å². The molecule has 160 valence electrons. The van der Waals surface area contributed by atoms with E-state index in [1.165, 1.54) is 12.1 Å². The third-order valence-electron chi connectivity index (χ3n) is 3.95. The van der Waals surface area contributed by atoms with Gasteiger partial charge in [0.05, 0.1) is 58.3 Å². The predicted octanol–water partition coefficient (Wildman–Crippen LogP) is 2.96. The standard InChI is InChI=1S/C21H28O7S/c1-18-3-9-21(10-4-18)29(22,23)28-16-15-26-12-11-25-13-14-27-17-19-5-7-20(24-2)8-6-19/h3-10H,11-17H2,1-2H3. The van der Waals surface area contributed by atoms with Crippen LogP contribution in [0.4, 0.5) is 0 Å². The van der Waals surface area contributed by atoms with Gasteiger partial charge in [0, 0.05) is 0 Å². The van der Waals surface area contributed by atoms with Gasteiger partial charge in [-0.25, -0.2) is 0 Å². The van der Waals surface area contributed by atoms with Crippen LogP contribution >= 0.6 is 0 Å². The van der Waals surface area contributed by atoms with E-state index in [4.69, 9.17) is 23.1 Å². The molecule has 2 aromatic carbocycles. The van der Waals surface area contributed by atoms with Gasteiger partial charge in [-0.05, 0) is 36.8 Å². The van der Waals surface area contributed by atoms with Gasteiger partial charge in [-0.3, -0.25) is 4.18 Å². The van der Waals surface area contributed by atoms with Crippen LogP contribution in [0.25, 0.3) is 0 Å². The first-order valence-corrected chi connectivity index (χ1v) is 10.7. The van der Waals surface area contributed by atoms with Crippen LogP contribution in [0.1, 0.15) is 11.1 Å². The highest BCUT2D eigenvalue weighted by Gasteiger charge is 2.14. The number of benzene rings is 2. The van der Waals surface area contributed by atoms with Crippen LogP contribution in [0, 0.1) is 6.92 Å². The largest absolute Gasteiger partial charge is 0.497 e. The highest BCUT2D eigenvalue weighted by Crippen LogP contribution is 2.13. The van der Waals surface area contributed by atoms with Crippen molar-refractivity contribution in [3.05, 3.63) is 59.7 Å². The first-order chi connectivity index (χ1) is 14.0. The third kappa shape index (κ3) is 8.93. The minimum atomic E-state index is -3.75. The average Bonchev–Trinajstić information content (AvgIpc) is 2.72. The molecular formula is C21H28O7S. The third-order valence-corrected chi connectivity index (χ3v) is 5.27. The molecule has 2 rings (SSSR count). The Morgan fingerprint density at radius 3 is 1.86 bits per heavy atom. The van der Waals surface area contributed by atoms with Crippen molar-refractivity contribution in [1.29, 1.82) is 0 Å². The molecule has 0 aliphatic rings. The maximum atomic E-state index is 12.0. The molecule has 2 aromatic rings. The minimum Gasteiger partial charge on any atom is -0.497 e. The smallest absolute Gasteiger partial charge is 0.297 e. The average molecular weight is 425 g/mol. The highest BCUT2D eigenvalue weighted by molar-refractivity contribution is 7.86. The van der Waals surface area contributed by atoms with Crippen molar-refractivity contribution >= 4 is 10.1 Å². The zero-order valence-corrected chi connectivity index (χ0v) is 17.7. The minimum absolute atomic E-state index is 0.0405. The van der Waals surface area contributed by atoms with Gasteiger partial charge in [-0.1, -0.05) is 29.8 Å². The second-order valence-electron chi connectivity index (χ2n) is 6.21. The number of hydrogen-bond acceptors (Lipinski definition) is 7. The molecule has 0 saturated carbocycles. The predicted molar refractivity (Wildman–Crippen MR) is 109 cm³/mol. The molecule has 0 radical (unpaired) electrons. The quantitative estimate of drug-likeness (QED) is 0.341. The van der Waals surface area contributed by atoms with E-state index in [-0.39, 0.29) is 18.1 Å². The maximum Gasteiger partial charge on any atom is 0.297 e. The Kier molecular flexibility index (Phi) is 10.1. The van der Waals surface area contributed by atoms with Crippen LogP contribution in [0.15, 0.2) is 53.4 Å². The van der Waals surface area contributed by atoms with E-state index in [0.29, 0.717) is 33.0 Å². The fourth-order valence-electron chi connectivity index (χ4n) is 2.33. The Bertz CT molecular complexity index is 802. The highest BCUT2D eigenvalue weighted by atomic mass is 32.2. The fraction of sp³-hybridized carbons (Fsp3) is 0.429. The summed E-state index contributed by atoms with van der Waals surface area (Å²) in [6.07, 6.45) is 0. The molecule has 0 amide bonds. The van der Waals surface area contributed by atoms with Crippen molar-refractivity contribution in [3.8, 4) is 5.75 Å². The Balaban J connectivity index is 1.45. The lowest BCUT2D eigenvalue weighted by molar-refractivity contribution is 0.00627. The second-order valence-corrected chi connectivity index (χ2v) is 7.83. The van der Waals surface area contributed by atoms with Crippen molar-refractivity contribution in [2.24, 2.45) is 0 Å². The molecule has 0 aromatic heterocycles. The number of rotatable bonds is 14. The maximum absolute atomic E-state index is 12.0. The summed E-state index contributed by atoms with van der Waals surface area (Å²) in [5.74, 6) is 0.815. The molecule has 0 heterocycles. The van der Waals surface area contributed by atoms with E-state index < -0.39 is 10.1 Å². The summed E-state index contributed by atoms with van der Waals surface area (Å²) in [4.78, 5) is 0.140. The lowest BCUT2D eigenvalue weighted by Crippen LogP contribution is -2.14. The van der Waals surface area contributed by atoms with E-state index in [2.05, 4.69) is 0 Å². The molecule has 7 nitrogen and oxygen atoms in total. The van der Waals surface area contributed by atoms with Crippen molar-refractivity contribution in [3.63, 3.8) is 0 Å². The van der Waals surface area contributed by atoms with Crippen molar-refractivity contribution in [2.75, 3.05) is 46.8 Å². The normalized spacial score (nSPS) is 11.5. The van der Waals surface area contributed by atoms with E-state index in [0.717, 1.165) is 16.9 Å². The summed E-state index contributed by atoms with van der Waals surface area (Å²) in [5.41, 5.74) is 2.05. The van der Waals surface area contributed by atoms with Gasteiger partial charge in [-0.15, -0.1) is 0 Å². The molecule has 0 bridgehead atoms. The summed E-state index contributed by atoms with van der Waals surface area (Å²) in [6.45, 7) is 4.21. The fourth-order valence-corrected chi connectivity index (χ4v) is 3.22. The first-order valence-electron chi connectivity index (χ1n) is 9.33. The molecule has 29 heavy (non-hydrogen) atoms. The van der Waals surface area contributed by atoms with Crippen LogP contribution in [-0.2, 0) is 35.1 Å². The first kappa shape index (κ1) is 23.3. The number of hydrogen-bond donors (Lipinski definition) is 0. The van der Waals surface area contributed by atoms with Gasteiger partial charge in [0.25, 0.3) is 10.1 Å². The summed E-state index contributed by atoms with van der Waals surface area (Å²) in [5, 5.41) is 0. The molecule has 0 aliphatic carbocycles. The monoisotopic (exact) mass is 424 g/mol. The Hall–Kier alpha value is -1.97. The zero-order chi connectivity index (χ0) is 21.0. The van der Waals surface area contributed by atoms with E-state index in [1.54, 1.807) is 19.2 Å². The number of methoxy groups -OCH3 is 1. The van der Waals surface area contributed by atoms with E-state index in [9.17, 15) is 8.42 Å². The van der Waals surface area contributed by atoms with Crippen molar-refractivity contribution in [1.82, 2.24) is 0 Å². The van der Waals surface area contributed by atoms with Crippen LogP contribution in [0.5, 0.6) is 5.75 Å². The van der Waals surface area contributed by atoms with Gasteiger partial charge >= 0.3 is 0 Å². The summed E-state index contributed by atoms with van der Waals surface area (Å²) < 4.78 is 50.3. The second kappa shape index (κ2) is 12.6. The van der Waals surface area contributed by atoms with Gasteiger partial charge in [-0.2, -0.15) is 8.42 Å². The topological polar surface area (TPSA) is 80.3 Å². The summed E-state index contributed by atoms with van der Waals surface area (Å²) >= 11 is 0. The Labute approximate surface area is 172 Å². The molecule has 8 heteroatoms. The lowest BCUT2D eigenvalue weighted by atomic mass is 10.2. The van der Waals surface area contributed by atoms with Gasteiger partial charge in [0.1, 0.15) is 5.75 Å². The molecule has 0 saturated heterocycles. The molecular weight excluding hydrogens is 396 g/mol. The molecule has 0 aliphatic heterocycles. The van der Waals surface area contributed by atoms with Crippen LogP contribution < -0.4 is 4.74 Å². The van der Waals surface area contributed by atoms with Gasteiger partial charge in [0.2, 0.25) is 0 Å². The molecule has 0 atom stereocenters. The van der Waals surface area contributed by atoms with Crippen molar-refractivity contribution < 1.29 is 31.5 Å². The molecule has 0 fully saturated rings. The lowest BCUT2D eigenvalue weighted by Gasteiger charge is -2.08. The molecule has 0 spiro atoms. The SMILES string of the molecule is COc1ccc(COCCOCCOCCOS(=O)(=O)c2ccc(C)cc2)cc1. The van der Waals surface area contributed by atoms with Crippen LogP contribution in [0.3, 0.4) is 0 Å². The zero-order valence-electron chi connectivity index (χ0n) is 16.8. The Morgan fingerprint density at radius 2 is 1.28 bits per heavy atom. The van der Waals surface area contributed by atoms with Gasteiger partial charge in [0.15, 0.2) is 0 Å². The van der Waals surface area contributed by atoms with Crippen LogP contribution in [-0.4, -0.2) is 55.2 Å². The molecule has 0 unspecified atom stereocenters. The van der Waals surface area contributed by atoms with Crippen LogP contribution in [0.2, 0.25) is 0 Å². The Morgan fingerprint density at radius 1 is 0.724 bits per heavy atom. The number of aryl methyl sites for hydroxylation is 1. The van der Waals surface area contributed by atoms with Crippen molar-refractivity contribution in [2.45, 2.75) is 18.4 Å². The molecule has 0 N–H and O–H groups in total. The summed E-state index contributed by atoms with van der Waals surface area (Å²) in [7, 11) is -2.11. The van der Waals surface area contributed by atoms with Gasteiger partial charge < -0.3 is 18.9 Å². The van der Waals surface area contributed by atoms with E-state index >= 15 is 0 Å².